The maximum absolute atomic E-state index is 12.0. The number of aromatic nitrogens is 3. The first-order chi connectivity index (χ1) is 12.1. The van der Waals surface area contributed by atoms with Crippen molar-refractivity contribution in [1.29, 1.82) is 0 Å². The molecular weight excluding hydrogens is 314 g/mol. The van der Waals surface area contributed by atoms with Crippen molar-refractivity contribution in [2.24, 2.45) is 5.92 Å². The minimum absolute atomic E-state index is 0.224. The Morgan fingerprint density at radius 1 is 1.24 bits per heavy atom. The molecule has 1 aromatic carbocycles. The zero-order valence-electron chi connectivity index (χ0n) is 14.6. The van der Waals surface area contributed by atoms with Crippen LogP contribution in [-0.2, 0) is 13.0 Å². The summed E-state index contributed by atoms with van der Waals surface area (Å²) in [6, 6.07) is 9.89. The van der Waals surface area contributed by atoms with Crippen molar-refractivity contribution in [3.63, 3.8) is 0 Å². The molecule has 6 heteroatoms. The zero-order valence-corrected chi connectivity index (χ0v) is 14.6. The van der Waals surface area contributed by atoms with Crippen LogP contribution in [0.3, 0.4) is 0 Å². The number of hydrogen-bond donors (Lipinski definition) is 2. The van der Waals surface area contributed by atoms with Crippen LogP contribution in [0, 0.1) is 5.92 Å². The molecule has 0 spiro atoms. The van der Waals surface area contributed by atoms with Crippen LogP contribution >= 0.6 is 0 Å². The molecule has 6 nitrogen and oxygen atoms in total. The first-order valence-electron chi connectivity index (χ1n) is 8.51. The number of pyridine rings is 1. The Morgan fingerprint density at radius 3 is 2.92 bits per heavy atom. The van der Waals surface area contributed by atoms with E-state index in [4.69, 9.17) is 0 Å². The van der Waals surface area contributed by atoms with Crippen LogP contribution in [0.15, 0.2) is 48.9 Å². The van der Waals surface area contributed by atoms with Crippen LogP contribution in [0.1, 0.15) is 19.4 Å². The fourth-order valence-electron chi connectivity index (χ4n) is 2.65. The molecule has 2 aromatic heterocycles. The third-order valence-electron chi connectivity index (χ3n) is 3.79. The maximum Gasteiger partial charge on any atom is 0.319 e. The van der Waals surface area contributed by atoms with Crippen LogP contribution in [0.5, 0.6) is 0 Å². The fourth-order valence-corrected chi connectivity index (χ4v) is 2.65. The van der Waals surface area contributed by atoms with Crippen molar-refractivity contribution in [2.45, 2.75) is 26.8 Å². The van der Waals surface area contributed by atoms with Gasteiger partial charge in [0.15, 0.2) is 0 Å². The number of benzene rings is 1. The van der Waals surface area contributed by atoms with Crippen molar-refractivity contribution in [3.8, 4) is 0 Å². The molecule has 0 bridgehead atoms. The summed E-state index contributed by atoms with van der Waals surface area (Å²) in [6.45, 7) is 5.64. The minimum Gasteiger partial charge on any atom is -0.338 e. The van der Waals surface area contributed by atoms with Gasteiger partial charge in [-0.05, 0) is 30.0 Å². The molecule has 2 N–H and O–H groups in total. The molecule has 25 heavy (non-hydrogen) atoms. The highest BCUT2D eigenvalue weighted by Crippen LogP contribution is 2.12. The van der Waals surface area contributed by atoms with Gasteiger partial charge in [-0.3, -0.25) is 9.67 Å². The summed E-state index contributed by atoms with van der Waals surface area (Å²) in [5, 5.41) is 11.0. The van der Waals surface area contributed by atoms with E-state index in [1.165, 1.54) is 0 Å². The number of carbonyl (C=O) groups is 1. The number of anilines is 1. The highest BCUT2D eigenvalue weighted by molar-refractivity contribution is 5.88. The predicted molar refractivity (Wildman–Crippen MR) is 99.5 cm³/mol. The molecule has 0 fully saturated rings. The van der Waals surface area contributed by atoms with Gasteiger partial charge in [-0.1, -0.05) is 32.0 Å². The van der Waals surface area contributed by atoms with Crippen molar-refractivity contribution < 1.29 is 4.79 Å². The van der Waals surface area contributed by atoms with E-state index in [1.54, 1.807) is 6.20 Å². The summed E-state index contributed by atoms with van der Waals surface area (Å²) in [5.41, 5.74) is 2.78. The Balaban J connectivity index is 1.47. The van der Waals surface area contributed by atoms with E-state index >= 15 is 0 Å². The van der Waals surface area contributed by atoms with Crippen LogP contribution in [-0.4, -0.2) is 27.3 Å². The lowest BCUT2D eigenvalue weighted by molar-refractivity contribution is 0.252. The van der Waals surface area contributed by atoms with Crippen LogP contribution in [0.2, 0.25) is 0 Å². The van der Waals surface area contributed by atoms with Gasteiger partial charge >= 0.3 is 6.03 Å². The highest BCUT2D eigenvalue weighted by Gasteiger charge is 2.05. The molecule has 0 aliphatic carbocycles. The van der Waals surface area contributed by atoms with Gasteiger partial charge in [-0.15, -0.1) is 0 Å². The smallest absolute Gasteiger partial charge is 0.319 e. The minimum atomic E-state index is -0.224. The number of nitrogens with one attached hydrogen (secondary N) is 2. The highest BCUT2D eigenvalue weighted by atomic mass is 16.2. The van der Waals surface area contributed by atoms with Gasteiger partial charge in [-0.25, -0.2) is 4.79 Å². The number of rotatable bonds is 6. The van der Waals surface area contributed by atoms with Gasteiger partial charge in [0.05, 0.1) is 17.4 Å². The molecule has 0 saturated carbocycles. The lowest BCUT2D eigenvalue weighted by atomic mass is 10.1. The molecule has 3 aromatic rings. The molecule has 0 aliphatic rings. The van der Waals surface area contributed by atoms with E-state index in [9.17, 15) is 4.79 Å². The second-order valence-electron chi connectivity index (χ2n) is 6.51. The molecule has 0 unspecified atom stereocenters. The van der Waals surface area contributed by atoms with Crippen LogP contribution < -0.4 is 10.6 Å². The fraction of sp³-hybridized carbons (Fsp3) is 0.316. The topological polar surface area (TPSA) is 71.8 Å². The third-order valence-corrected chi connectivity index (χ3v) is 3.79. The maximum atomic E-state index is 12.0. The van der Waals surface area contributed by atoms with E-state index in [0.717, 1.165) is 29.4 Å². The van der Waals surface area contributed by atoms with Crippen molar-refractivity contribution in [1.82, 2.24) is 20.1 Å². The van der Waals surface area contributed by atoms with E-state index in [0.29, 0.717) is 18.2 Å². The van der Waals surface area contributed by atoms with Gasteiger partial charge in [0, 0.05) is 30.9 Å². The standard InChI is InChI=1S/C19H23N5O/c1-14(2)12-24-13-17(11-22-24)23-19(25)20-8-7-15-9-16-5-3-4-6-18(16)21-10-15/h3-6,9-11,13-14H,7-8,12H2,1-2H3,(H2,20,23,25). The summed E-state index contributed by atoms with van der Waals surface area (Å²) in [6.07, 6.45) is 6.10. The zero-order chi connectivity index (χ0) is 17.6. The van der Waals surface area contributed by atoms with E-state index in [2.05, 4.69) is 40.6 Å². The first kappa shape index (κ1) is 17.0. The number of hydrogen-bond acceptors (Lipinski definition) is 3. The SMILES string of the molecule is CC(C)Cn1cc(NC(=O)NCCc2cnc3ccccc3c2)cn1. The number of nitrogens with zero attached hydrogens (tertiary/aromatic N) is 3. The molecule has 0 saturated heterocycles. The molecule has 3 rings (SSSR count). The predicted octanol–water partition coefficient (Wildman–Crippen LogP) is 3.45. The Hall–Kier alpha value is -2.89. The Labute approximate surface area is 147 Å². The van der Waals surface area contributed by atoms with Crippen molar-refractivity contribution in [2.75, 3.05) is 11.9 Å². The number of para-hydroxylation sites is 1. The second-order valence-corrected chi connectivity index (χ2v) is 6.51. The monoisotopic (exact) mass is 337 g/mol. The molecule has 130 valence electrons. The summed E-state index contributed by atoms with van der Waals surface area (Å²) in [7, 11) is 0. The summed E-state index contributed by atoms with van der Waals surface area (Å²) in [5.74, 6) is 0.511. The largest absolute Gasteiger partial charge is 0.338 e. The van der Waals surface area contributed by atoms with Gasteiger partial charge in [0.25, 0.3) is 0 Å². The van der Waals surface area contributed by atoms with Crippen molar-refractivity contribution >= 4 is 22.6 Å². The van der Waals surface area contributed by atoms with E-state index in [-0.39, 0.29) is 6.03 Å². The lowest BCUT2D eigenvalue weighted by Gasteiger charge is -2.07. The Bertz CT molecular complexity index is 856. The Kier molecular flexibility index (Phi) is 5.28. The summed E-state index contributed by atoms with van der Waals surface area (Å²) >= 11 is 0. The normalized spacial score (nSPS) is 11.0. The molecule has 2 heterocycles. The molecular formula is C19H23N5O. The molecule has 0 aliphatic heterocycles. The quantitative estimate of drug-likeness (QED) is 0.723. The molecule has 0 radical (unpaired) electrons. The van der Waals surface area contributed by atoms with Gasteiger partial charge in [-0.2, -0.15) is 5.10 Å². The average Bonchev–Trinajstić information content (AvgIpc) is 3.00. The number of carbonyl (C=O) groups excluding carboxylic acids is 1. The second kappa shape index (κ2) is 7.79. The van der Waals surface area contributed by atoms with Gasteiger partial charge in [0.1, 0.15) is 0 Å². The van der Waals surface area contributed by atoms with E-state index < -0.39 is 0 Å². The van der Waals surface area contributed by atoms with Crippen LogP contribution in [0.4, 0.5) is 10.5 Å². The van der Waals surface area contributed by atoms with Crippen molar-refractivity contribution in [3.05, 3.63) is 54.5 Å². The summed E-state index contributed by atoms with van der Waals surface area (Å²) in [4.78, 5) is 16.4. The number of amides is 2. The van der Waals surface area contributed by atoms with Gasteiger partial charge < -0.3 is 10.6 Å². The number of urea groups is 1. The number of fused-ring (bicyclic) bond motifs is 1. The molecule has 2 amide bonds. The third kappa shape index (κ3) is 4.79. The summed E-state index contributed by atoms with van der Waals surface area (Å²) < 4.78 is 1.83. The van der Waals surface area contributed by atoms with Crippen LogP contribution in [0.25, 0.3) is 10.9 Å². The first-order valence-corrected chi connectivity index (χ1v) is 8.51. The molecule has 0 atom stereocenters. The Morgan fingerprint density at radius 2 is 2.08 bits per heavy atom. The average molecular weight is 337 g/mol. The van der Waals surface area contributed by atoms with Gasteiger partial charge in [0.2, 0.25) is 0 Å². The van der Waals surface area contributed by atoms with E-state index in [1.807, 2.05) is 41.3 Å². The lowest BCUT2D eigenvalue weighted by Crippen LogP contribution is -2.30.